The fourth-order valence-electron chi connectivity index (χ4n) is 2.43. The summed E-state index contributed by atoms with van der Waals surface area (Å²) in [6.07, 6.45) is -0.0393. The van der Waals surface area contributed by atoms with Gasteiger partial charge < -0.3 is 20.1 Å². The second kappa shape index (κ2) is 10.0. The molecule has 6 nitrogen and oxygen atoms in total. The first-order chi connectivity index (χ1) is 12.5. The van der Waals surface area contributed by atoms with Crippen LogP contribution in [0.5, 0.6) is 11.5 Å². The van der Waals surface area contributed by atoms with E-state index in [1.165, 1.54) is 4.88 Å². The molecule has 0 saturated heterocycles. The van der Waals surface area contributed by atoms with Gasteiger partial charge in [0.25, 0.3) is 0 Å². The molecule has 0 aliphatic carbocycles. The van der Waals surface area contributed by atoms with Crippen molar-refractivity contribution in [2.45, 2.75) is 40.3 Å². The van der Waals surface area contributed by atoms with Gasteiger partial charge in [0.15, 0.2) is 17.5 Å². The highest BCUT2D eigenvalue weighted by atomic mass is 32.1. The Morgan fingerprint density at radius 3 is 2.58 bits per heavy atom. The van der Waals surface area contributed by atoms with Gasteiger partial charge in [-0.3, -0.25) is 0 Å². The number of para-hydroxylation sites is 2. The van der Waals surface area contributed by atoms with E-state index in [-0.39, 0.29) is 6.10 Å². The smallest absolute Gasteiger partial charge is 0.191 e. The summed E-state index contributed by atoms with van der Waals surface area (Å²) in [5, 5.41) is 7.67. The Morgan fingerprint density at radius 2 is 1.96 bits per heavy atom. The molecule has 0 spiro atoms. The molecule has 0 fully saturated rings. The molecule has 1 aromatic carbocycles. The largest absolute Gasteiger partial charge is 0.493 e. The van der Waals surface area contributed by atoms with Crippen LogP contribution in [0.25, 0.3) is 0 Å². The number of thiazole rings is 1. The number of nitrogens with one attached hydrogen (secondary N) is 2. The zero-order valence-electron chi connectivity index (χ0n) is 16.1. The van der Waals surface area contributed by atoms with Crippen LogP contribution in [0.2, 0.25) is 0 Å². The van der Waals surface area contributed by atoms with Crippen LogP contribution in [0, 0.1) is 13.8 Å². The number of guanidine groups is 1. The molecule has 2 rings (SSSR count). The van der Waals surface area contributed by atoms with E-state index in [1.807, 2.05) is 52.0 Å². The fourth-order valence-corrected chi connectivity index (χ4v) is 3.29. The Labute approximate surface area is 159 Å². The molecule has 0 bridgehead atoms. The lowest BCUT2D eigenvalue weighted by molar-refractivity contribution is 0.213. The summed E-state index contributed by atoms with van der Waals surface area (Å²) in [7, 11) is 1.64. The normalized spacial score (nSPS) is 12.6. The zero-order valence-corrected chi connectivity index (χ0v) is 16.9. The van der Waals surface area contributed by atoms with Crippen molar-refractivity contribution >= 4 is 17.3 Å². The van der Waals surface area contributed by atoms with Gasteiger partial charge in [-0.25, -0.2) is 9.98 Å². The van der Waals surface area contributed by atoms with E-state index in [1.54, 1.807) is 18.4 Å². The Kier molecular flexibility index (Phi) is 7.72. The van der Waals surface area contributed by atoms with Crippen LogP contribution in [0.15, 0.2) is 29.3 Å². The minimum absolute atomic E-state index is 0.0393. The molecule has 2 aromatic rings. The lowest BCUT2D eigenvalue weighted by Gasteiger charge is -2.19. The summed E-state index contributed by atoms with van der Waals surface area (Å²) in [4.78, 5) is 10.3. The number of rotatable bonds is 8. The summed E-state index contributed by atoms with van der Waals surface area (Å²) >= 11 is 1.69. The minimum Gasteiger partial charge on any atom is -0.493 e. The van der Waals surface area contributed by atoms with Gasteiger partial charge in [0.1, 0.15) is 6.10 Å². The molecule has 26 heavy (non-hydrogen) atoms. The van der Waals surface area contributed by atoms with Crippen LogP contribution in [-0.2, 0) is 6.54 Å². The van der Waals surface area contributed by atoms with E-state index in [0.717, 1.165) is 34.7 Å². The van der Waals surface area contributed by atoms with Gasteiger partial charge in [0.2, 0.25) is 0 Å². The molecular weight excluding hydrogens is 348 g/mol. The second-order valence-corrected chi connectivity index (χ2v) is 7.18. The van der Waals surface area contributed by atoms with Crippen molar-refractivity contribution in [1.82, 2.24) is 15.6 Å². The van der Waals surface area contributed by atoms with Crippen LogP contribution in [0.1, 0.15) is 29.4 Å². The number of ether oxygens (including phenoxy) is 2. The summed E-state index contributed by atoms with van der Waals surface area (Å²) in [6, 6.07) is 7.65. The van der Waals surface area contributed by atoms with E-state index in [0.29, 0.717) is 13.1 Å². The molecular formula is C19H28N4O2S. The highest BCUT2D eigenvalue weighted by molar-refractivity contribution is 7.11. The monoisotopic (exact) mass is 376 g/mol. The number of aromatic nitrogens is 1. The number of nitrogens with zero attached hydrogens (tertiary/aromatic N) is 2. The maximum Gasteiger partial charge on any atom is 0.191 e. The van der Waals surface area contributed by atoms with Crippen molar-refractivity contribution in [3.8, 4) is 11.5 Å². The molecule has 0 aliphatic rings. The summed E-state index contributed by atoms with van der Waals surface area (Å²) in [5.74, 6) is 2.24. The van der Waals surface area contributed by atoms with Gasteiger partial charge in [-0.15, -0.1) is 11.3 Å². The number of hydrogen-bond donors (Lipinski definition) is 2. The molecule has 2 N–H and O–H groups in total. The molecule has 1 unspecified atom stereocenters. The SMILES string of the molecule is CCNC(=NCc1sc(C)nc1C)NCC(C)Oc1ccccc1OC. The second-order valence-electron chi connectivity index (χ2n) is 5.90. The third kappa shape index (κ3) is 5.91. The Balaban J connectivity index is 1.92. The lowest BCUT2D eigenvalue weighted by atomic mass is 10.3. The molecule has 0 saturated carbocycles. The third-order valence-electron chi connectivity index (χ3n) is 3.68. The average molecular weight is 377 g/mol. The van der Waals surface area contributed by atoms with Gasteiger partial charge in [0, 0.05) is 11.4 Å². The first-order valence-electron chi connectivity index (χ1n) is 8.78. The number of methoxy groups -OCH3 is 1. The average Bonchev–Trinajstić information content (AvgIpc) is 2.95. The van der Waals surface area contributed by atoms with Crippen molar-refractivity contribution in [3.63, 3.8) is 0 Å². The maximum atomic E-state index is 5.97. The van der Waals surface area contributed by atoms with E-state index < -0.39 is 0 Å². The van der Waals surface area contributed by atoms with Crippen LogP contribution < -0.4 is 20.1 Å². The topological polar surface area (TPSA) is 67.8 Å². The van der Waals surface area contributed by atoms with Crippen molar-refractivity contribution in [2.24, 2.45) is 4.99 Å². The Bertz CT molecular complexity index is 730. The molecule has 0 aliphatic heterocycles. The number of hydrogen-bond acceptors (Lipinski definition) is 5. The van der Waals surface area contributed by atoms with Crippen LogP contribution in [0.3, 0.4) is 0 Å². The predicted octanol–water partition coefficient (Wildman–Crippen LogP) is 3.29. The minimum atomic E-state index is -0.0393. The maximum absolute atomic E-state index is 5.97. The van der Waals surface area contributed by atoms with Gasteiger partial charge in [0.05, 0.1) is 30.9 Å². The van der Waals surface area contributed by atoms with Crippen LogP contribution in [0.4, 0.5) is 0 Å². The molecule has 0 amide bonds. The van der Waals surface area contributed by atoms with E-state index in [9.17, 15) is 0 Å². The first kappa shape index (κ1) is 20.0. The van der Waals surface area contributed by atoms with Crippen molar-refractivity contribution in [3.05, 3.63) is 39.8 Å². The lowest BCUT2D eigenvalue weighted by Crippen LogP contribution is -2.41. The Morgan fingerprint density at radius 1 is 1.23 bits per heavy atom. The van der Waals surface area contributed by atoms with Gasteiger partial charge in [-0.2, -0.15) is 0 Å². The quantitative estimate of drug-likeness (QED) is 0.547. The van der Waals surface area contributed by atoms with Crippen molar-refractivity contribution in [2.75, 3.05) is 20.2 Å². The molecule has 0 radical (unpaired) electrons. The Hall–Kier alpha value is -2.28. The summed E-state index contributed by atoms with van der Waals surface area (Å²) in [6.45, 7) is 10.2. The number of aryl methyl sites for hydroxylation is 2. The molecule has 1 heterocycles. The van der Waals surface area contributed by atoms with Crippen LogP contribution >= 0.6 is 11.3 Å². The summed E-state index contributed by atoms with van der Waals surface area (Å²) < 4.78 is 11.3. The van der Waals surface area contributed by atoms with Crippen LogP contribution in [-0.4, -0.2) is 37.2 Å². The zero-order chi connectivity index (χ0) is 18.9. The fraction of sp³-hybridized carbons (Fsp3) is 0.474. The molecule has 1 atom stereocenters. The van der Waals surface area contributed by atoms with E-state index >= 15 is 0 Å². The molecule has 7 heteroatoms. The van der Waals surface area contributed by atoms with E-state index in [4.69, 9.17) is 9.47 Å². The van der Waals surface area contributed by atoms with Crippen molar-refractivity contribution < 1.29 is 9.47 Å². The highest BCUT2D eigenvalue weighted by Crippen LogP contribution is 2.26. The standard InChI is InChI=1S/C19H28N4O2S/c1-6-20-19(22-12-18-14(3)23-15(4)26-18)21-11-13(2)25-17-10-8-7-9-16(17)24-5/h7-10,13H,6,11-12H2,1-5H3,(H2,20,21,22). The van der Waals surface area contributed by atoms with Gasteiger partial charge >= 0.3 is 0 Å². The van der Waals surface area contributed by atoms with Gasteiger partial charge in [-0.1, -0.05) is 12.1 Å². The molecule has 142 valence electrons. The van der Waals surface area contributed by atoms with Crippen molar-refractivity contribution in [1.29, 1.82) is 0 Å². The first-order valence-corrected chi connectivity index (χ1v) is 9.59. The third-order valence-corrected chi connectivity index (χ3v) is 4.74. The van der Waals surface area contributed by atoms with Gasteiger partial charge in [-0.05, 0) is 39.8 Å². The molecule has 1 aromatic heterocycles. The number of benzene rings is 1. The predicted molar refractivity (Wildman–Crippen MR) is 107 cm³/mol. The number of aliphatic imine (C=N–C) groups is 1. The highest BCUT2D eigenvalue weighted by Gasteiger charge is 2.10. The van der Waals surface area contributed by atoms with E-state index in [2.05, 4.69) is 20.6 Å². The summed E-state index contributed by atoms with van der Waals surface area (Å²) in [5.41, 5.74) is 1.06.